The molecule has 2 atom stereocenters. The molecule has 0 saturated heterocycles. The van der Waals surface area contributed by atoms with E-state index in [0.717, 1.165) is 11.1 Å². The highest BCUT2D eigenvalue weighted by atomic mass is 31.1. The van der Waals surface area contributed by atoms with Gasteiger partial charge < -0.3 is 9.47 Å². The number of hydrogen-bond acceptors (Lipinski definition) is 5. The number of carbonyl (C=O) groups excluding carboxylic acids is 2. The van der Waals surface area contributed by atoms with Crippen molar-refractivity contribution in [3.05, 3.63) is 97.1 Å². The molecule has 0 heterocycles. The number of carbonyl (C=O) groups is 2. The number of esters is 2. The van der Waals surface area contributed by atoms with E-state index in [0.29, 0.717) is 0 Å². The van der Waals surface area contributed by atoms with Crippen LogP contribution in [0.1, 0.15) is 11.1 Å². The molecule has 34 heavy (non-hydrogen) atoms. The molecule has 7 nitrogen and oxygen atoms in total. The van der Waals surface area contributed by atoms with E-state index in [1.54, 1.807) is 12.2 Å². The predicted molar refractivity (Wildman–Crippen MR) is 133 cm³/mol. The molecule has 2 unspecified atom stereocenters. The summed E-state index contributed by atoms with van der Waals surface area (Å²) in [4.78, 5) is 25.6. The molecule has 2 rings (SSSR count). The van der Waals surface area contributed by atoms with E-state index in [-0.39, 0.29) is 25.9 Å². The van der Waals surface area contributed by atoms with Gasteiger partial charge in [-0.25, -0.2) is 0 Å². The summed E-state index contributed by atoms with van der Waals surface area (Å²) in [6.45, 7) is 7.84. The topological polar surface area (TPSA) is 76.2 Å². The van der Waals surface area contributed by atoms with Gasteiger partial charge >= 0.3 is 20.0 Å². The maximum absolute atomic E-state index is 14.0. The molecule has 0 aliphatic carbocycles. The summed E-state index contributed by atoms with van der Waals surface area (Å²) in [7, 11) is 0.204. The normalized spacial score (nSPS) is 13.1. The van der Waals surface area contributed by atoms with E-state index in [2.05, 4.69) is 13.2 Å². The average Bonchev–Trinajstić information content (AvgIpc) is 2.88. The Labute approximate surface area is 202 Å². The van der Waals surface area contributed by atoms with Gasteiger partial charge in [0.1, 0.15) is 0 Å². The van der Waals surface area contributed by atoms with Crippen molar-refractivity contribution in [3.8, 4) is 0 Å². The molecule has 2 aromatic carbocycles. The first-order valence-corrected chi connectivity index (χ1v) is 12.1. The Bertz CT molecular complexity index is 890. The lowest BCUT2D eigenvalue weighted by atomic mass is 10.1. The van der Waals surface area contributed by atoms with Gasteiger partial charge in [0.15, 0.2) is 12.1 Å². The van der Waals surface area contributed by atoms with Gasteiger partial charge in [0, 0.05) is 12.8 Å². The first-order valence-electron chi connectivity index (χ1n) is 10.9. The van der Waals surface area contributed by atoms with E-state index in [1.807, 2.05) is 60.7 Å². The van der Waals surface area contributed by atoms with Crippen LogP contribution < -0.4 is 0 Å². The zero-order valence-corrected chi connectivity index (χ0v) is 20.6. The quantitative estimate of drug-likeness (QED) is 0.227. The van der Waals surface area contributed by atoms with Crippen LogP contribution in [0.2, 0.25) is 0 Å². The van der Waals surface area contributed by atoms with Gasteiger partial charge in [-0.15, -0.1) is 13.2 Å². The Morgan fingerprint density at radius 3 is 1.44 bits per heavy atom. The van der Waals surface area contributed by atoms with Crippen molar-refractivity contribution in [2.24, 2.45) is 0 Å². The minimum Gasteiger partial charge on any atom is -0.468 e. The molecule has 0 fully saturated rings. The van der Waals surface area contributed by atoms with Crippen molar-refractivity contribution < 1.29 is 23.6 Å². The van der Waals surface area contributed by atoms with Crippen LogP contribution in [-0.2, 0) is 36.5 Å². The van der Waals surface area contributed by atoms with Gasteiger partial charge in [-0.05, 0) is 15.7 Å². The molecule has 0 aromatic heterocycles. The Kier molecular flexibility index (Phi) is 11.3. The minimum absolute atomic E-state index is 0.147. The zero-order chi connectivity index (χ0) is 24.9. The Morgan fingerprint density at radius 1 is 0.794 bits per heavy atom. The van der Waals surface area contributed by atoms with E-state index >= 15 is 0 Å². The second-order valence-electron chi connectivity index (χ2n) is 7.53. The van der Waals surface area contributed by atoms with E-state index in [9.17, 15) is 14.2 Å². The lowest BCUT2D eigenvalue weighted by Gasteiger charge is -2.26. The molecule has 0 aliphatic rings. The maximum atomic E-state index is 14.0. The highest BCUT2D eigenvalue weighted by Crippen LogP contribution is 2.38. The van der Waals surface area contributed by atoms with Crippen LogP contribution in [0.15, 0.2) is 86.0 Å². The Morgan fingerprint density at radius 2 is 1.15 bits per heavy atom. The van der Waals surface area contributed by atoms with Gasteiger partial charge in [0.05, 0.1) is 27.3 Å². The van der Waals surface area contributed by atoms with Crippen molar-refractivity contribution in [2.45, 2.75) is 24.9 Å². The molecule has 8 heteroatoms. The first kappa shape index (κ1) is 27.1. The number of methoxy groups -OCH3 is 2. The summed E-state index contributed by atoms with van der Waals surface area (Å²) >= 11 is 0. The Hall–Kier alpha value is -3.12. The van der Waals surface area contributed by atoms with E-state index in [4.69, 9.17) is 9.47 Å². The van der Waals surface area contributed by atoms with Crippen molar-refractivity contribution in [2.75, 3.05) is 27.3 Å². The zero-order valence-electron chi connectivity index (χ0n) is 19.7. The number of ether oxygens (including phenoxy) is 2. The molecule has 0 aliphatic heterocycles. The smallest absolute Gasteiger partial charge is 0.468 e. The molecular weight excluding hydrogens is 451 g/mol. The summed E-state index contributed by atoms with van der Waals surface area (Å²) < 4.78 is 27.2. The molecule has 0 N–H and O–H groups in total. The second-order valence-corrected chi connectivity index (χ2v) is 9.06. The summed E-state index contributed by atoms with van der Waals surface area (Å²) in [5.74, 6) is -1.05. The maximum Gasteiger partial charge on any atom is 0.539 e. The van der Waals surface area contributed by atoms with Gasteiger partial charge in [-0.3, -0.25) is 9.59 Å². The van der Waals surface area contributed by atoms with E-state index < -0.39 is 32.1 Å². The number of nitrogens with zero attached hydrogens (tertiary/aromatic N) is 2. The summed E-state index contributed by atoms with van der Waals surface area (Å²) in [6.07, 6.45) is 3.72. The molecule has 0 bridgehead atoms. The third-order valence-electron chi connectivity index (χ3n) is 5.28. The van der Waals surface area contributed by atoms with Gasteiger partial charge in [-0.1, -0.05) is 82.2 Å². The third-order valence-corrected chi connectivity index (χ3v) is 7.04. The number of benzene rings is 2. The lowest BCUT2D eigenvalue weighted by Crippen LogP contribution is -2.46. The largest absolute Gasteiger partial charge is 0.539 e. The first-order chi connectivity index (χ1) is 16.5. The van der Waals surface area contributed by atoms with Crippen LogP contribution in [-0.4, -0.2) is 60.7 Å². The molecule has 2 aromatic rings. The molecular formula is C26H32N2O5P+. The van der Waals surface area contributed by atoms with Crippen molar-refractivity contribution in [3.63, 3.8) is 0 Å². The fourth-order valence-corrected chi connectivity index (χ4v) is 5.25. The molecule has 180 valence electrons. The van der Waals surface area contributed by atoms with Crippen LogP contribution >= 0.6 is 8.10 Å². The Balaban J connectivity index is 2.46. The summed E-state index contributed by atoms with van der Waals surface area (Å²) in [5.41, 5.74) is 1.78. The fourth-order valence-electron chi connectivity index (χ4n) is 3.61. The lowest BCUT2D eigenvalue weighted by molar-refractivity contribution is -0.145. The third kappa shape index (κ3) is 7.45. The molecule has 0 radical (unpaired) electrons. The van der Waals surface area contributed by atoms with Crippen LogP contribution in [0.3, 0.4) is 0 Å². The standard InChI is InChI=1S/C26H32N2O5P/c1-5-17-27(23(25(29)32-3)19-21-13-9-7-10-14-21)34(31)28(18-6-2)24(26(30)33-4)20-22-15-11-8-12-16-22/h5-16,23-24H,1-2,17-20H2,3-4H3/q+1. The van der Waals surface area contributed by atoms with Gasteiger partial charge in [-0.2, -0.15) is 0 Å². The van der Waals surface area contributed by atoms with Gasteiger partial charge in [0.25, 0.3) is 0 Å². The highest BCUT2D eigenvalue weighted by molar-refractivity contribution is 7.39. The van der Waals surface area contributed by atoms with Gasteiger partial charge in [0.2, 0.25) is 0 Å². The summed E-state index contributed by atoms with van der Waals surface area (Å²) in [5, 5.41) is 0. The second kappa shape index (κ2) is 14.2. The summed E-state index contributed by atoms with van der Waals surface area (Å²) in [6, 6.07) is 17.1. The van der Waals surface area contributed by atoms with Crippen LogP contribution in [0, 0.1) is 0 Å². The van der Waals surface area contributed by atoms with Crippen LogP contribution in [0.5, 0.6) is 0 Å². The van der Waals surface area contributed by atoms with Crippen molar-refractivity contribution >= 4 is 20.0 Å². The van der Waals surface area contributed by atoms with Crippen molar-refractivity contribution in [1.29, 1.82) is 0 Å². The van der Waals surface area contributed by atoms with E-state index in [1.165, 1.54) is 23.6 Å². The fraction of sp³-hybridized carbons (Fsp3) is 0.308. The van der Waals surface area contributed by atoms with Crippen LogP contribution in [0.25, 0.3) is 0 Å². The highest BCUT2D eigenvalue weighted by Gasteiger charge is 2.48. The van der Waals surface area contributed by atoms with Crippen LogP contribution in [0.4, 0.5) is 0 Å². The monoisotopic (exact) mass is 483 g/mol. The minimum atomic E-state index is -2.39. The molecule has 0 spiro atoms. The molecule has 0 saturated carbocycles. The predicted octanol–water partition coefficient (Wildman–Crippen LogP) is 4.19. The molecule has 0 amide bonds. The number of rotatable bonds is 14. The average molecular weight is 484 g/mol. The van der Waals surface area contributed by atoms with Crippen molar-refractivity contribution in [1.82, 2.24) is 9.34 Å². The number of hydrogen-bond donors (Lipinski definition) is 0. The SMILES string of the molecule is C=CCN(C(Cc1ccccc1)C(=O)OC)[P+](=O)N(CC=C)C(Cc1ccccc1)C(=O)OC.